The molecule has 6 heteroatoms. The van der Waals surface area contributed by atoms with E-state index >= 15 is 0 Å². The summed E-state index contributed by atoms with van der Waals surface area (Å²) in [4.78, 5) is 28.8. The van der Waals surface area contributed by atoms with Crippen LogP contribution in [0.1, 0.15) is 31.6 Å². The summed E-state index contributed by atoms with van der Waals surface area (Å²) in [6.45, 7) is 4.88. The Hall–Kier alpha value is -2.60. The summed E-state index contributed by atoms with van der Waals surface area (Å²) in [6.07, 6.45) is 3.11. The smallest absolute Gasteiger partial charge is 0.249 e. The number of amides is 2. The highest BCUT2D eigenvalue weighted by Gasteiger charge is 2.25. The van der Waals surface area contributed by atoms with Crippen LogP contribution in [0.4, 0.5) is 0 Å². The number of nitrogens with zero attached hydrogens (tertiary/aromatic N) is 2. The monoisotopic (exact) mass is 386 g/mol. The summed E-state index contributed by atoms with van der Waals surface area (Å²) in [6, 6.07) is 13.7. The van der Waals surface area contributed by atoms with E-state index in [-0.39, 0.29) is 31.0 Å². The second-order valence-electron chi connectivity index (χ2n) is 6.84. The molecule has 2 aromatic rings. The molecule has 1 heterocycles. The van der Waals surface area contributed by atoms with Crippen LogP contribution in [0.5, 0.6) is 0 Å². The van der Waals surface area contributed by atoms with Crippen molar-refractivity contribution >= 4 is 11.8 Å². The number of hydrogen-bond acceptors (Lipinski definition) is 4. The molecule has 0 aliphatic carbocycles. The van der Waals surface area contributed by atoms with Crippen LogP contribution in [-0.4, -0.2) is 54.5 Å². The first-order valence-corrected chi connectivity index (χ1v) is 9.67. The van der Waals surface area contributed by atoms with Crippen LogP contribution >= 0.6 is 0 Å². The van der Waals surface area contributed by atoms with Crippen LogP contribution in [0, 0.1) is 0 Å². The third-order valence-electron chi connectivity index (χ3n) is 4.81. The third-order valence-corrected chi connectivity index (χ3v) is 4.81. The predicted octanol–water partition coefficient (Wildman–Crippen LogP) is 3.12. The molecule has 1 unspecified atom stereocenters. The van der Waals surface area contributed by atoms with Gasteiger partial charge in [0.2, 0.25) is 11.8 Å². The van der Waals surface area contributed by atoms with Crippen molar-refractivity contribution in [2.45, 2.75) is 39.3 Å². The number of furan rings is 1. The van der Waals surface area contributed by atoms with E-state index in [9.17, 15) is 9.59 Å². The van der Waals surface area contributed by atoms with Gasteiger partial charge in [0, 0.05) is 19.7 Å². The second kappa shape index (κ2) is 11.3. The molecule has 1 aromatic heterocycles. The lowest BCUT2D eigenvalue weighted by Gasteiger charge is -2.31. The van der Waals surface area contributed by atoms with Gasteiger partial charge in [-0.2, -0.15) is 0 Å². The topological polar surface area (TPSA) is 63.0 Å². The van der Waals surface area contributed by atoms with Crippen LogP contribution in [0.3, 0.4) is 0 Å². The third kappa shape index (κ3) is 6.53. The first-order chi connectivity index (χ1) is 13.5. The normalized spacial score (nSPS) is 11.8. The van der Waals surface area contributed by atoms with Crippen LogP contribution in [0.25, 0.3) is 0 Å². The molecule has 1 aromatic carbocycles. The van der Waals surface area contributed by atoms with Crippen molar-refractivity contribution in [3.05, 3.63) is 60.1 Å². The van der Waals surface area contributed by atoms with Gasteiger partial charge in [-0.3, -0.25) is 9.59 Å². The van der Waals surface area contributed by atoms with E-state index in [2.05, 4.69) is 0 Å². The van der Waals surface area contributed by atoms with Gasteiger partial charge in [0.25, 0.3) is 0 Å². The summed E-state index contributed by atoms with van der Waals surface area (Å²) in [5.41, 5.74) is 1.16. The Labute approximate surface area is 167 Å². The Kier molecular flexibility index (Phi) is 8.75. The molecule has 0 saturated heterocycles. The Balaban J connectivity index is 2.10. The number of benzene rings is 1. The average molecular weight is 386 g/mol. The SMILES string of the molecule is CCC(C)N(CC(=O)N(CCc1ccccc1)Cc1ccco1)C(=O)COC. The van der Waals surface area contributed by atoms with Crippen molar-refractivity contribution in [3.63, 3.8) is 0 Å². The van der Waals surface area contributed by atoms with E-state index in [0.29, 0.717) is 13.1 Å². The minimum atomic E-state index is -0.175. The molecule has 6 nitrogen and oxygen atoms in total. The zero-order valence-corrected chi connectivity index (χ0v) is 17.0. The number of rotatable bonds is 11. The number of methoxy groups -OCH3 is 1. The van der Waals surface area contributed by atoms with Gasteiger partial charge in [-0.15, -0.1) is 0 Å². The molecule has 0 aliphatic heterocycles. The summed E-state index contributed by atoms with van der Waals surface area (Å²) < 4.78 is 10.4. The molecule has 0 fully saturated rings. The van der Waals surface area contributed by atoms with Gasteiger partial charge in [-0.05, 0) is 37.5 Å². The molecule has 0 spiro atoms. The van der Waals surface area contributed by atoms with Crippen molar-refractivity contribution in [3.8, 4) is 0 Å². The maximum absolute atomic E-state index is 13.1. The molecule has 28 heavy (non-hydrogen) atoms. The van der Waals surface area contributed by atoms with Gasteiger partial charge in [-0.25, -0.2) is 0 Å². The summed E-state index contributed by atoms with van der Waals surface area (Å²) in [5.74, 6) is 0.447. The van der Waals surface area contributed by atoms with Crippen molar-refractivity contribution in [2.24, 2.45) is 0 Å². The van der Waals surface area contributed by atoms with E-state index in [1.165, 1.54) is 7.11 Å². The molecule has 0 N–H and O–H groups in total. The molecule has 152 valence electrons. The molecule has 2 amide bonds. The number of carbonyl (C=O) groups is 2. The number of carbonyl (C=O) groups excluding carboxylic acids is 2. The van der Waals surface area contributed by atoms with E-state index in [4.69, 9.17) is 9.15 Å². The lowest BCUT2D eigenvalue weighted by atomic mass is 10.1. The zero-order valence-electron chi connectivity index (χ0n) is 17.0. The number of ether oxygens (including phenoxy) is 1. The Morgan fingerprint density at radius 3 is 2.46 bits per heavy atom. The van der Waals surface area contributed by atoms with Crippen LogP contribution in [0.2, 0.25) is 0 Å². The maximum Gasteiger partial charge on any atom is 0.249 e. The molecule has 0 radical (unpaired) electrons. The average Bonchev–Trinajstić information content (AvgIpc) is 3.22. The van der Waals surface area contributed by atoms with Crippen molar-refractivity contribution in [1.82, 2.24) is 9.80 Å². The van der Waals surface area contributed by atoms with Gasteiger partial charge in [0.05, 0.1) is 12.8 Å². The van der Waals surface area contributed by atoms with Crippen LogP contribution in [-0.2, 0) is 27.3 Å². The van der Waals surface area contributed by atoms with Gasteiger partial charge >= 0.3 is 0 Å². The fraction of sp³-hybridized carbons (Fsp3) is 0.455. The standard InChI is InChI=1S/C22H30N2O4/c1-4-18(2)24(22(26)17-27-3)16-21(25)23(15-20-11-8-14-28-20)13-12-19-9-6-5-7-10-19/h5-11,14,18H,4,12-13,15-17H2,1-3H3. The van der Waals surface area contributed by atoms with Crippen molar-refractivity contribution < 1.29 is 18.7 Å². The van der Waals surface area contributed by atoms with Gasteiger partial charge in [-0.1, -0.05) is 37.3 Å². The quantitative estimate of drug-likeness (QED) is 0.595. The van der Waals surface area contributed by atoms with Gasteiger partial charge < -0.3 is 19.0 Å². The van der Waals surface area contributed by atoms with Crippen molar-refractivity contribution in [2.75, 3.05) is 26.8 Å². The van der Waals surface area contributed by atoms with Crippen LogP contribution in [0.15, 0.2) is 53.1 Å². The van der Waals surface area contributed by atoms with E-state index in [1.807, 2.05) is 56.3 Å². The van der Waals surface area contributed by atoms with Gasteiger partial charge in [0.1, 0.15) is 18.9 Å². The van der Waals surface area contributed by atoms with Gasteiger partial charge in [0.15, 0.2) is 0 Å². The van der Waals surface area contributed by atoms with E-state index in [0.717, 1.165) is 24.2 Å². The Morgan fingerprint density at radius 2 is 1.86 bits per heavy atom. The fourth-order valence-corrected chi connectivity index (χ4v) is 2.95. The molecule has 0 aliphatic rings. The minimum absolute atomic E-state index is 0.0280. The second-order valence-corrected chi connectivity index (χ2v) is 6.84. The lowest BCUT2D eigenvalue weighted by Crippen LogP contribution is -2.47. The van der Waals surface area contributed by atoms with E-state index in [1.54, 1.807) is 16.1 Å². The maximum atomic E-state index is 13.1. The molecule has 0 bridgehead atoms. The van der Waals surface area contributed by atoms with Crippen molar-refractivity contribution in [1.29, 1.82) is 0 Å². The Morgan fingerprint density at radius 1 is 1.11 bits per heavy atom. The largest absolute Gasteiger partial charge is 0.467 e. The summed E-state index contributed by atoms with van der Waals surface area (Å²) in [5, 5.41) is 0. The zero-order chi connectivity index (χ0) is 20.4. The molecule has 0 saturated carbocycles. The van der Waals surface area contributed by atoms with E-state index < -0.39 is 0 Å². The lowest BCUT2D eigenvalue weighted by molar-refractivity contribution is -0.145. The minimum Gasteiger partial charge on any atom is -0.467 e. The molecular weight excluding hydrogens is 356 g/mol. The highest BCUT2D eigenvalue weighted by atomic mass is 16.5. The number of hydrogen-bond donors (Lipinski definition) is 0. The predicted molar refractivity (Wildman–Crippen MR) is 108 cm³/mol. The summed E-state index contributed by atoms with van der Waals surface area (Å²) >= 11 is 0. The first-order valence-electron chi connectivity index (χ1n) is 9.67. The summed E-state index contributed by atoms with van der Waals surface area (Å²) in [7, 11) is 1.48. The fourth-order valence-electron chi connectivity index (χ4n) is 2.95. The highest BCUT2D eigenvalue weighted by molar-refractivity contribution is 5.85. The highest BCUT2D eigenvalue weighted by Crippen LogP contribution is 2.11. The first kappa shape index (κ1) is 21.7. The molecule has 1 atom stereocenters. The van der Waals surface area contributed by atoms with Crippen LogP contribution < -0.4 is 0 Å². The molecule has 2 rings (SSSR count). The Bertz CT molecular complexity index is 715. The molecular formula is C22H30N2O4.